The Hall–Kier alpha value is -1.85. The zero-order valence-corrected chi connectivity index (χ0v) is 14.9. The second kappa shape index (κ2) is 8.31. The molecule has 0 aromatic heterocycles. The Labute approximate surface area is 150 Å². The molecule has 1 aliphatic rings. The van der Waals surface area contributed by atoms with E-state index in [0.29, 0.717) is 18.7 Å². The number of rotatable bonds is 6. The van der Waals surface area contributed by atoms with Crippen molar-refractivity contribution in [1.82, 2.24) is 5.32 Å². The molecule has 1 N–H and O–H groups in total. The van der Waals surface area contributed by atoms with Crippen LogP contribution in [0, 0.1) is 0 Å². The first-order valence-electron chi connectivity index (χ1n) is 8.08. The quantitative estimate of drug-likeness (QED) is 0.813. The molecule has 5 heteroatoms. The lowest BCUT2D eigenvalue weighted by atomic mass is 10.2. The summed E-state index contributed by atoms with van der Waals surface area (Å²) in [6.07, 6.45) is 2.40. The summed E-state index contributed by atoms with van der Waals surface area (Å²) in [5.41, 5.74) is 1.66. The largest absolute Gasteiger partial charge is 0.491 e. The Morgan fingerprint density at radius 3 is 2.71 bits per heavy atom. The maximum absolute atomic E-state index is 12.2. The van der Waals surface area contributed by atoms with Crippen molar-refractivity contribution in [2.24, 2.45) is 0 Å². The first-order chi connectivity index (χ1) is 11.7. The van der Waals surface area contributed by atoms with Gasteiger partial charge in [-0.3, -0.25) is 4.79 Å². The van der Waals surface area contributed by atoms with Gasteiger partial charge in [-0.05, 0) is 58.6 Å². The average molecular weight is 390 g/mol. The minimum atomic E-state index is -0.0961. The van der Waals surface area contributed by atoms with Crippen LogP contribution in [0.4, 0.5) is 0 Å². The number of carbonyl (C=O) groups excluding carboxylic acids is 1. The first-order valence-corrected chi connectivity index (χ1v) is 8.88. The van der Waals surface area contributed by atoms with E-state index in [0.717, 1.165) is 35.2 Å². The van der Waals surface area contributed by atoms with Crippen molar-refractivity contribution in [2.75, 3.05) is 13.2 Å². The number of nitrogens with one attached hydrogen (secondary N) is 1. The normalized spacial score (nSPS) is 16.8. The number of hydrogen-bond donors (Lipinski definition) is 1. The van der Waals surface area contributed by atoms with Gasteiger partial charge in [0, 0.05) is 17.6 Å². The van der Waals surface area contributed by atoms with Crippen molar-refractivity contribution < 1.29 is 14.3 Å². The second-order valence-corrected chi connectivity index (χ2v) is 6.61. The van der Waals surface area contributed by atoms with E-state index in [2.05, 4.69) is 21.2 Å². The summed E-state index contributed by atoms with van der Waals surface area (Å²) in [6, 6.07) is 15.2. The van der Waals surface area contributed by atoms with Crippen LogP contribution in [0.15, 0.2) is 53.0 Å². The molecule has 1 fully saturated rings. The van der Waals surface area contributed by atoms with E-state index >= 15 is 0 Å². The van der Waals surface area contributed by atoms with Gasteiger partial charge in [0.05, 0.1) is 11.7 Å². The molecule has 2 aromatic rings. The molecule has 1 saturated heterocycles. The highest BCUT2D eigenvalue weighted by Crippen LogP contribution is 2.18. The van der Waals surface area contributed by atoms with Gasteiger partial charge in [-0.15, -0.1) is 0 Å². The smallest absolute Gasteiger partial charge is 0.252 e. The van der Waals surface area contributed by atoms with E-state index < -0.39 is 0 Å². The van der Waals surface area contributed by atoms with E-state index in [9.17, 15) is 4.79 Å². The zero-order chi connectivity index (χ0) is 16.8. The van der Waals surface area contributed by atoms with Crippen LogP contribution < -0.4 is 10.1 Å². The third kappa shape index (κ3) is 4.58. The first kappa shape index (κ1) is 17.0. The van der Waals surface area contributed by atoms with Gasteiger partial charge < -0.3 is 14.8 Å². The van der Waals surface area contributed by atoms with E-state index in [1.807, 2.05) is 42.5 Å². The molecule has 0 spiro atoms. The molecular formula is C19H20BrNO3. The van der Waals surface area contributed by atoms with E-state index in [-0.39, 0.29) is 12.0 Å². The van der Waals surface area contributed by atoms with Gasteiger partial charge in [0.15, 0.2) is 0 Å². The molecule has 0 radical (unpaired) electrons. The second-order valence-electron chi connectivity index (χ2n) is 5.75. The molecule has 1 aliphatic heterocycles. The maximum Gasteiger partial charge on any atom is 0.252 e. The van der Waals surface area contributed by atoms with Crippen LogP contribution in [0.2, 0.25) is 0 Å². The Morgan fingerprint density at radius 1 is 1.21 bits per heavy atom. The van der Waals surface area contributed by atoms with Crippen LogP contribution in [0.5, 0.6) is 5.75 Å². The van der Waals surface area contributed by atoms with Gasteiger partial charge >= 0.3 is 0 Å². The SMILES string of the molecule is O=C(NCc1ccc(OCC2CCCO2)cc1)c1ccccc1Br. The highest BCUT2D eigenvalue weighted by atomic mass is 79.9. The molecule has 1 heterocycles. The van der Waals surface area contributed by atoms with Crippen molar-refractivity contribution in [2.45, 2.75) is 25.5 Å². The Balaban J connectivity index is 1.49. The van der Waals surface area contributed by atoms with Gasteiger partial charge in [-0.2, -0.15) is 0 Å². The lowest BCUT2D eigenvalue weighted by Crippen LogP contribution is -2.23. The molecule has 4 nitrogen and oxygen atoms in total. The number of hydrogen-bond acceptors (Lipinski definition) is 3. The Morgan fingerprint density at radius 2 is 2.00 bits per heavy atom. The zero-order valence-electron chi connectivity index (χ0n) is 13.3. The molecule has 3 rings (SSSR count). The van der Waals surface area contributed by atoms with Gasteiger partial charge in [0.2, 0.25) is 0 Å². The molecule has 1 unspecified atom stereocenters. The van der Waals surface area contributed by atoms with Crippen molar-refractivity contribution >= 4 is 21.8 Å². The number of benzene rings is 2. The third-order valence-corrected chi connectivity index (χ3v) is 4.65. The fourth-order valence-corrected chi connectivity index (χ4v) is 3.06. The summed E-state index contributed by atoms with van der Waals surface area (Å²) in [5, 5.41) is 2.92. The summed E-state index contributed by atoms with van der Waals surface area (Å²) in [6.45, 7) is 1.91. The van der Waals surface area contributed by atoms with E-state index in [4.69, 9.17) is 9.47 Å². The highest BCUT2D eigenvalue weighted by Gasteiger charge is 2.15. The number of ether oxygens (including phenoxy) is 2. The van der Waals surface area contributed by atoms with Crippen LogP contribution in [0.1, 0.15) is 28.8 Å². The van der Waals surface area contributed by atoms with Crippen LogP contribution in [-0.2, 0) is 11.3 Å². The third-order valence-electron chi connectivity index (χ3n) is 3.95. The van der Waals surface area contributed by atoms with Crippen LogP contribution in [0.25, 0.3) is 0 Å². The van der Waals surface area contributed by atoms with Crippen LogP contribution in [0.3, 0.4) is 0 Å². The molecule has 126 valence electrons. The minimum absolute atomic E-state index is 0.0961. The topological polar surface area (TPSA) is 47.6 Å². The summed E-state index contributed by atoms with van der Waals surface area (Å²) < 4.78 is 12.1. The molecule has 2 aromatic carbocycles. The standard InChI is InChI=1S/C19H20BrNO3/c20-18-6-2-1-5-17(18)19(22)21-12-14-7-9-15(10-8-14)24-13-16-4-3-11-23-16/h1-2,5-10,16H,3-4,11-13H2,(H,21,22). The molecule has 0 saturated carbocycles. The van der Waals surface area contributed by atoms with Crippen molar-refractivity contribution in [3.05, 3.63) is 64.1 Å². The van der Waals surface area contributed by atoms with E-state index in [1.54, 1.807) is 6.07 Å². The average Bonchev–Trinajstić information content (AvgIpc) is 3.13. The summed E-state index contributed by atoms with van der Waals surface area (Å²) in [5.74, 6) is 0.729. The Kier molecular flexibility index (Phi) is 5.88. The van der Waals surface area contributed by atoms with Crippen LogP contribution in [-0.4, -0.2) is 25.2 Å². The van der Waals surface area contributed by atoms with Gasteiger partial charge in [0.25, 0.3) is 5.91 Å². The van der Waals surface area contributed by atoms with Gasteiger partial charge in [0.1, 0.15) is 12.4 Å². The van der Waals surface area contributed by atoms with Crippen LogP contribution >= 0.6 is 15.9 Å². The fraction of sp³-hybridized carbons (Fsp3) is 0.316. The van der Waals surface area contributed by atoms with Crippen molar-refractivity contribution in [1.29, 1.82) is 0 Å². The molecule has 0 bridgehead atoms. The monoisotopic (exact) mass is 389 g/mol. The fourth-order valence-electron chi connectivity index (χ4n) is 2.59. The summed E-state index contributed by atoms with van der Waals surface area (Å²) in [7, 11) is 0. The van der Waals surface area contributed by atoms with Crippen molar-refractivity contribution in [3.8, 4) is 5.75 Å². The van der Waals surface area contributed by atoms with E-state index in [1.165, 1.54) is 0 Å². The summed E-state index contributed by atoms with van der Waals surface area (Å²) in [4.78, 5) is 12.2. The maximum atomic E-state index is 12.2. The molecule has 1 amide bonds. The van der Waals surface area contributed by atoms with Crippen molar-refractivity contribution in [3.63, 3.8) is 0 Å². The number of amides is 1. The number of carbonyl (C=O) groups is 1. The predicted molar refractivity (Wildman–Crippen MR) is 96.2 cm³/mol. The van der Waals surface area contributed by atoms with Gasteiger partial charge in [-0.25, -0.2) is 0 Å². The number of halogens is 1. The lowest BCUT2D eigenvalue weighted by Gasteiger charge is -2.12. The van der Waals surface area contributed by atoms with Gasteiger partial charge in [-0.1, -0.05) is 24.3 Å². The highest BCUT2D eigenvalue weighted by molar-refractivity contribution is 9.10. The Bertz CT molecular complexity index is 681. The predicted octanol–water partition coefficient (Wildman–Crippen LogP) is 3.94. The molecular weight excluding hydrogens is 370 g/mol. The summed E-state index contributed by atoms with van der Waals surface area (Å²) >= 11 is 3.39. The molecule has 24 heavy (non-hydrogen) atoms. The molecule has 1 atom stereocenters. The lowest BCUT2D eigenvalue weighted by molar-refractivity contribution is 0.0679. The minimum Gasteiger partial charge on any atom is -0.491 e. The molecule has 0 aliphatic carbocycles.